The molecule has 0 saturated heterocycles. The standard InChI is InChI=1S/C10H9ClFNO2S/c11-9-7-8(12)3-4-10(9)16(14,15)13-5-1-2-6-13/h1-4,7H,5-6H2. The van der Waals surface area contributed by atoms with Gasteiger partial charge in [0.1, 0.15) is 10.7 Å². The summed E-state index contributed by atoms with van der Waals surface area (Å²) in [4.78, 5) is -0.0562. The smallest absolute Gasteiger partial charge is 0.207 e. The van der Waals surface area contributed by atoms with Gasteiger partial charge in [-0.15, -0.1) is 0 Å². The molecular weight excluding hydrogens is 253 g/mol. The fraction of sp³-hybridized carbons (Fsp3) is 0.200. The van der Waals surface area contributed by atoms with E-state index in [1.807, 2.05) is 0 Å². The average molecular weight is 262 g/mol. The van der Waals surface area contributed by atoms with Crippen molar-refractivity contribution in [2.24, 2.45) is 0 Å². The van der Waals surface area contributed by atoms with Crippen LogP contribution in [0.25, 0.3) is 0 Å². The van der Waals surface area contributed by atoms with Gasteiger partial charge in [0.15, 0.2) is 0 Å². The van der Waals surface area contributed by atoms with E-state index in [4.69, 9.17) is 11.6 Å². The van der Waals surface area contributed by atoms with Crippen molar-refractivity contribution in [3.63, 3.8) is 0 Å². The number of hydrogen-bond donors (Lipinski definition) is 0. The van der Waals surface area contributed by atoms with Crippen molar-refractivity contribution >= 4 is 21.6 Å². The zero-order valence-electron chi connectivity index (χ0n) is 8.23. The molecule has 1 aromatic rings. The summed E-state index contributed by atoms with van der Waals surface area (Å²) in [5.74, 6) is -0.552. The van der Waals surface area contributed by atoms with E-state index in [1.165, 1.54) is 10.4 Å². The zero-order valence-corrected chi connectivity index (χ0v) is 9.80. The van der Waals surface area contributed by atoms with Crippen molar-refractivity contribution in [2.45, 2.75) is 4.90 Å². The van der Waals surface area contributed by atoms with Gasteiger partial charge in [0, 0.05) is 13.1 Å². The molecule has 0 amide bonds. The van der Waals surface area contributed by atoms with Crippen molar-refractivity contribution < 1.29 is 12.8 Å². The summed E-state index contributed by atoms with van der Waals surface area (Å²) in [7, 11) is -3.61. The predicted molar refractivity (Wildman–Crippen MR) is 59.3 cm³/mol. The van der Waals surface area contributed by atoms with Crippen molar-refractivity contribution in [3.05, 3.63) is 41.2 Å². The highest BCUT2D eigenvalue weighted by Gasteiger charge is 2.26. The maximum Gasteiger partial charge on any atom is 0.245 e. The van der Waals surface area contributed by atoms with Crippen LogP contribution >= 0.6 is 11.6 Å². The third-order valence-electron chi connectivity index (χ3n) is 2.30. The summed E-state index contributed by atoms with van der Waals surface area (Å²) in [6, 6.07) is 3.27. The van der Waals surface area contributed by atoms with Gasteiger partial charge in [-0.3, -0.25) is 0 Å². The van der Waals surface area contributed by atoms with E-state index in [9.17, 15) is 12.8 Å². The molecule has 0 spiro atoms. The summed E-state index contributed by atoms with van der Waals surface area (Å²) in [6.07, 6.45) is 3.52. The zero-order chi connectivity index (χ0) is 11.8. The Morgan fingerprint density at radius 2 is 1.88 bits per heavy atom. The lowest BCUT2D eigenvalue weighted by Gasteiger charge is -2.16. The Labute approximate surface area is 98.2 Å². The third-order valence-corrected chi connectivity index (χ3v) is 4.61. The van der Waals surface area contributed by atoms with Gasteiger partial charge < -0.3 is 0 Å². The average Bonchev–Trinajstić information content (AvgIpc) is 2.69. The highest BCUT2D eigenvalue weighted by atomic mass is 35.5. The van der Waals surface area contributed by atoms with Crippen LogP contribution in [0, 0.1) is 5.82 Å². The Bertz CT molecular complexity index is 534. The van der Waals surface area contributed by atoms with Crippen LogP contribution in [-0.4, -0.2) is 25.8 Å². The van der Waals surface area contributed by atoms with Crippen LogP contribution in [0.3, 0.4) is 0 Å². The molecule has 1 aromatic carbocycles. The number of sulfonamides is 1. The van der Waals surface area contributed by atoms with E-state index in [-0.39, 0.29) is 9.92 Å². The highest BCUT2D eigenvalue weighted by molar-refractivity contribution is 7.89. The molecule has 0 N–H and O–H groups in total. The van der Waals surface area contributed by atoms with Gasteiger partial charge in [0.25, 0.3) is 0 Å². The minimum atomic E-state index is -3.61. The maximum atomic E-state index is 12.8. The summed E-state index contributed by atoms with van der Waals surface area (Å²) in [5, 5.41) is -0.0908. The molecule has 0 saturated carbocycles. The summed E-state index contributed by atoms with van der Waals surface area (Å²) < 4.78 is 38.2. The topological polar surface area (TPSA) is 37.4 Å². The van der Waals surface area contributed by atoms with Crippen molar-refractivity contribution in [1.82, 2.24) is 4.31 Å². The molecule has 1 heterocycles. The Hall–Kier alpha value is -0.910. The van der Waals surface area contributed by atoms with Gasteiger partial charge in [-0.05, 0) is 18.2 Å². The van der Waals surface area contributed by atoms with Gasteiger partial charge in [-0.2, -0.15) is 4.31 Å². The van der Waals surface area contributed by atoms with Crippen LogP contribution < -0.4 is 0 Å². The molecule has 0 bridgehead atoms. The number of benzene rings is 1. The van der Waals surface area contributed by atoms with E-state index in [1.54, 1.807) is 12.2 Å². The quantitative estimate of drug-likeness (QED) is 0.764. The first-order chi connectivity index (χ1) is 7.51. The normalized spacial score (nSPS) is 16.9. The molecule has 6 heteroatoms. The fourth-order valence-corrected chi connectivity index (χ4v) is 3.33. The van der Waals surface area contributed by atoms with Crippen LogP contribution in [0.2, 0.25) is 5.02 Å². The van der Waals surface area contributed by atoms with Gasteiger partial charge in [0.2, 0.25) is 10.0 Å². The fourth-order valence-electron chi connectivity index (χ4n) is 1.48. The van der Waals surface area contributed by atoms with Crippen molar-refractivity contribution in [1.29, 1.82) is 0 Å². The molecule has 3 nitrogen and oxygen atoms in total. The molecule has 1 aliphatic rings. The maximum absolute atomic E-state index is 12.8. The monoisotopic (exact) mass is 261 g/mol. The molecule has 2 rings (SSSR count). The number of hydrogen-bond acceptors (Lipinski definition) is 2. The molecule has 0 fully saturated rings. The molecular formula is C10H9ClFNO2S. The lowest BCUT2D eigenvalue weighted by molar-refractivity contribution is 0.488. The molecule has 0 radical (unpaired) electrons. The van der Waals surface area contributed by atoms with Gasteiger partial charge in [-0.1, -0.05) is 23.8 Å². The summed E-state index contributed by atoms with van der Waals surface area (Å²) in [6.45, 7) is 0.659. The van der Waals surface area contributed by atoms with E-state index in [2.05, 4.69) is 0 Å². The SMILES string of the molecule is O=S(=O)(c1ccc(F)cc1Cl)N1CC=CC1. The largest absolute Gasteiger partial charge is 0.245 e. The third kappa shape index (κ3) is 1.98. The molecule has 86 valence electrons. The second kappa shape index (κ2) is 4.16. The van der Waals surface area contributed by atoms with Gasteiger partial charge >= 0.3 is 0 Å². The molecule has 1 aliphatic heterocycles. The lowest BCUT2D eigenvalue weighted by atomic mass is 10.3. The first-order valence-electron chi connectivity index (χ1n) is 4.62. The van der Waals surface area contributed by atoms with Crippen molar-refractivity contribution in [3.8, 4) is 0 Å². The predicted octanol–water partition coefficient (Wildman–Crippen LogP) is 2.04. The minimum absolute atomic E-state index is 0.0562. The summed E-state index contributed by atoms with van der Waals surface area (Å²) in [5.41, 5.74) is 0. The highest BCUT2D eigenvalue weighted by Crippen LogP contribution is 2.26. The Balaban J connectivity index is 2.43. The van der Waals surface area contributed by atoms with Gasteiger partial charge in [0.05, 0.1) is 5.02 Å². The number of halogens is 2. The second-order valence-corrected chi connectivity index (χ2v) is 5.68. The molecule has 16 heavy (non-hydrogen) atoms. The van der Waals surface area contributed by atoms with Crippen LogP contribution in [-0.2, 0) is 10.0 Å². The minimum Gasteiger partial charge on any atom is -0.207 e. The Morgan fingerprint density at radius 3 is 2.44 bits per heavy atom. The Morgan fingerprint density at radius 1 is 1.25 bits per heavy atom. The number of rotatable bonds is 2. The van der Waals surface area contributed by atoms with E-state index < -0.39 is 15.8 Å². The van der Waals surface area contributed by atoms with Gasteiger partial charge in [-0.25, -0.2) is 12.8 Å². The first kappa shape index (κ1) is 11.6. The van der Waals surface area contributed by atoms with Crippen LogP contribution in [0.4, 0.5) is 4.39 Å². The van der Waals surface area contributed by atoms with E-state index in [0.717, 1.165) is 12.1 Å². The summed E-state index contributed by atoms with van der Waals surface area (Å²) >= 11 is 5.73. The Kier molecular flexibility index (Phi) is 3.01. The second-order valence-electron chi connectivity index (χ2n) is 3.37. The van der Waals surface area contributed by atoms with E-state index in [0.29, 0.717) is 13.1 Å². The lowest BCUT2D eigenvalue weighted by Crippen LogP contribution is -2.28. The molecule has 0 atom stereocenters. The van der Waals surface area contributed by atoms with Crippen LogP contribution in [0.15, 0.2) is 35.2 Å². The number of nitrogens with zero attached hydrogens (tertiary/aromatic N) is 1. The molecule has 0 unspecified atom stereocenters. The van der Waals surface area contributed by atoms with Crippen LogP contribution in [0.5, 0.6) is 0 Å². The molecule has 0 aliphatic carbocycles. The van der Waals surface area contributed by atoms with E-state index >= 15 is 0 Å². The molecule has 0 aromatic heterocycles. The van der Waals surface area contributed by atoms with Crippen molar-refractivity contribution in [2.75, 3.05) is 13.1 Å². The van der Waals surface area contributed by atoms with Crippen LogP contribution in [0.1, 0.15) is 0 Å². The first-order valence-corrected chi connectivity index (χ1v) is 6.44.